The summed E-state index contributed by atoms with van der Waals surface area (Å²) in [6, 6.07) is 6.88. The number of rotatable bonds is 5. The van der Waals surface area contributed by atoms with Gasteiger partial charge in [0.2, 0.25) is 5.91 Å². The predicted molar refractivity (Wildman–Crippen MR) is 93.5 cm³/mol. The van der Waals surface area contributed by atoms with Crippen molar-refractivity contribution in [3.05, 3.63) is 29.6 Å². The van der Waals surface area contributed by atoms with E-state index in [9.17, 15) is 4.79 Å². The van der Waals surface area contributed by atoms with Crippen LogP contribution in [0.4, 0.5) is 0 Å². The molecule has 1 aliphatic rings. The number of aryl methyl sites for hydroxylation is 1. The molecule has 124 valence electrons. The monoisotopic (exact) mass is 313 g/mol. The maximum Gasteiger partial charge on any atom is 0.223 e. The summed E-state index contributed by atoms with van der Waals surface area (Å²) in [5.74, 6) is 1.55. The first kappa shape index (κ1) is 16.0. The largest absolute Gasteiger partial charge is 0.356 e. The van der Waals surface area contributed by atoms with Gasteiger partial charge >= 0.3 is 0 Å². The number of carbonyl (C=O) groups is 1. The fourth-order valence-electron chi connectivity index (χ4n) is 3.73. The van der Waals surface area contributed by atoms with E-state index in [-0.39, 0.29) is 11.8 Å². The van der Waals surface area contributed by atoms with Gasteiger partial charge in [0.05, 0.1) is 11.0 Å². The van der Waals surface area contributed by atoms with Gasteiger partial charge in [-0.15, -0.1) is 0 Å². The fraction of sp³-hybridized carbons (Fsp3) is 0.579. The van der Waals surface area contributed by atoms with Crippen LogP contribution in [0.15, 0.2) is 18.2 Å². The Kier molecular flexibility index (Phi) is 4.69. The van der Waals surface area contributed by atoms with E-state index in [1.54, 1.807) is 0 Å². The molecule has 0 aliphatic heterocycles. The summed E-state index contributed by atoms with van der Waals surface area (Å²) in [6.45, 7) is 7.13. The lowest BCUT2D eigenvalue weighted by Gasteiger charge is -2.11. The zero-order valence-electron chi connectivity index (χ0n) is 14.4. The molecule has 1 aromatic carbocycles. The number of nitrogens with one attached hydrogen (secondary N) is 1. The van der Waals surface area contributed by atoms with E-state index in [2.05, 4.69) is 53.8 Å². The average molecular weight is 313 g/mol. The van der Waals surface area contributed by atoms with Gasteiger partial charge in [0.15, 0.2) is 0 Å². The summed E-state index contributed by atoms with van der Waals surface area (Å²) in [5, 5.41) is 3.09. The third-order valence-corrected chi connectivity index (χ3v) is 4.89. The molecule has 1 amide bonds. The summed E-state index contributed by atoms with van der Waals surface area (Å²) in [7, 11) is 0. The SMILES string of the molecule is Cc1nc2cc(CCNC(=O)C3CCCC3)ccc2n1C(C)C. The maximum absolute atomic E-state index is 12.0. The van der Waals surface area contributed by atoms with Gasteiger partial charge in [0.25, 0.3) is 0 Å². The third-order valence-electron chi connectivity index (χ3n) is 4.89. The van der Waals surface area contributed by atoms with Crippen LogP contribution in [0.5, 0.6) is 0 Å². The first-order valence-corrected chi connectivity index (χ1v) is 8.81. The predicted octanol–water partition coefficient (Wildman–Crippen LogP) is 3.77. The summed E-state index contributed by atoms with van der Waals surface area (Å²) >= 11 is 0. The summed E-state index contributed by atoms with van der Waals surface area (Å²) < 4.78 is 2.26. The van der Waals surface area contributed by atoms with Crippen LogP contribution in [-0.4, -0.2) is 22.0 Å². The van der Waals surface area contributed by atoms with Crippen molar-refractivity contribution in [1.82, 2.24) is 14.9 Å². The molecule has 0 spiro atoms. The van der Waals surface area contributed by atoms with Crippen LogP contribution in [0.2, 0.25) is 0 Å². The van der Waals surface area contributed by atoms with E-state index in [4.69, 9.17) is 0 Å². The molecule has 0 bridgehead atoms. The smallest absolute Gasteiger partial charge is 0.223 e. The minimum absolute atomic E-state index is 0.239. The number of fused-ring (bicyclic) bond motifs is 1. The van der Waals surface area contributed by atoms with Crippen molar-refractivity contribution in [1.29, 1.82) is 0 Å². The third kappa shape index (κ3) is 3.41. The van der Waals surface area contributed by atoms with Gasteiger partial charge in [-0.2, -0.15) is 0 Å². The number of amides is 1. The van der Waals surface area contributed by atoms with Crippen molar-refractivity contribution >= 4 is 16.9 Å². The Labute approximate surface area is 138 Å². The van der Waals surface area contributed by atoms with Crippen LogP contribution in [0.1, 0.15) is 57.0 Å². The van der Waals surface area contributed by atoms with E-state index >= 15 is 0 Å². The van der Waals surface area contributed by atoms with Gasteiger partial charge in [0, 0.05) is 18.5 Å². The van der Waals surface area contributed by atoms with Crippen LogP contribution in [0, 0.1) is 12.8 Å². The van der Waals surface area contributed by atoms with Crippen LogP contribution >= 0.6 is 0 Å². The van der Waals surface area contributed by atoms with E-state index in [0.717, 1.165) is 30.6 Å². The van der Waals surface area contributed by atoms with Crippen molar-refractivity contribution in [2.45, 2.75) is 58.9 Å². The molecule has 1 fully saturated rings. The van der Waals surface area contributed by atoms with Gasteiger partial charge in [-0.05, 0) is 57.7 Å². The Morgan fingerprint density at radius 3 is 2.78 bits per heavy atom. The molecule has 1 aromatic heterocycles. The molecule has 3 rings (SSSR count). The number of benzene rings is 1. The highest BCUT2D eigenvalue weighted by molar-refractivity contribution is 5.79. The Bertz CT molecular complexity index is 696. The Balaban J connectivity index is 1.63. The first-order valence-electron chi connectivity index (χ1n) is 8.81. The summed E-state index contributed by atoms with van der Waals surface area (Å²) in [5.41, 5.74) is 3.48. The van der Waals surface area contributed by atoms with E-state index < -0.39 is 0 Å². The lowest BCUT2D eigenvalue weighted by atomic mass is 10.1. The van der Waals surface area contributed by atoms with Crippen molar-refractivity contribution in [3.8, 4) is 0 Å². The Morgan fingerprint density at radius 1 is 1.35 bits per heavy atom. The summed E-state index contributed by atoms with van der Waals surface area (Å²) in [4.78, 5) is 16.7. The van der Waals surface area contributed by atoms with Crippen LogP contribution in [0.3, 0.4) is 0 Å². The average Bonchev–Trinajstić information content (AvgIpc) is 3.13. The van der Waals surface area contributed by atoms with Gasteiger partial charge in [-0.25, -0.2) is 4.98 Å². The molecular weight excluding hydrogens is 286 g/mol. The number of hydrogen-bond acceptors (Lipinski definition) is 2. The second-order valence-electron chi connectivity index (χ2n) is 6.97. The minimum Gasteiger partial charge on any atom is -0.356 e. The normalized spacial score (nSPS) is 15.7. The lowest BCUT2D eigenvalue weighted by molar-refractivity contribution is -0.124. The standard InChI is InChI=1S/C19H27N3O/c1-13(2)22-14(3)21-17-12-15(8-9-18(17)22)10-11-20-19(23)16-6-4-5-7-16/h8-9,12-13,16H,4-7,10-11H2,1-3H3,(H,20,23). The summed E-state index contributed by atoms with van der Waals surface area (Å²) in [6.07, 6.45) is 5.38. The lowest BCUT2D eigenvalue weighted by Crippen LogP contribution is -2.30. The van der Waals surface area contributed by atoms with Gasteiger partial charge < -0.3 is 9.88 Å². The minimum atomic E-state index is 0.239. The zero-order valence-corrected chi connectivity index (χ0v) is 14.4. The quantitative estimate of drug-likeness (QED) is 0.913. The number of carbonyl (C=O) groups excluding carboxylic acids is 1. The van der Waals surface area contributed by atoms with Crippen molar-refractivity contribution < 1.29 is 4.79 Å². The molecule has 23 heavy (non-hydrogen) atoms. The molecule has 1 saturated carbocycles. The number of aromatic nitrogens is 2. The molecule has 0 unspecified atom stereocenters. The molecule has 0 radical (unpaired) electrons. The van der Waals surface area contributed by atoms with Gasteiger partial charge in [-0.3, -0.25) is 4.79 Å². The second kappa shape index (κ2) is 6.73. The molecule has 4 nitrogen and oxygen atoms in total. The fourth-order valence-corrected chi connectivity index (χ4v) is 3.73. The van der Waals surface area contributed by atoms with Gasteiger partial charge in [0.1, 0.15) is 5.82 Å². The number of nitrogens with zero attached hydrogens (tertiary/aromatic N) is 2. The Morgan fingerprint density at radius 2 is 2.09 bits per heavy atom. The van der Waals surface area contributed by atoms with Crippen molar-refractivity contribution in [3.63, 3.8) is 0 Å². The molecule has 0 atom stereocenters. The maximum atomic E-state index is 12.0. The first-order chi connectivity index (χ1) is 11.1. The highest BCUT2D eigenvalue weighted by Crippen LogP contribution is 2.25. The zero-order chi connectivity index (χ0) is 16.4. The molecular formula is C19H27N3O. The Hall–Kier alpha value is -1.84. The second-order valence-corrected chi connectivity index (χ2v) is 6.97. The molecule has 1 heterocycles. The van der Waals surface area contributed by atoms with Gasteiger partial charge in [-0.1, -0.05) is 18.9 Å². The molecule has 4 heteroatoms. The molecule has 1 N–H and O–H groups in total. The van der Waals surface area contributed by atoms with Crippen LogP contribution in [0.25, 0.3) is 11.0 Å². The highest BCUT2D eigenvalue weighted by atomic mass is 16.1. The molecule has 0 saturated heterocycles. The van der Waals surface area contributed by atoms with E-state index in [0.29, 0.717) is 12.6 Å². The highest BCUT2D eigenvalue weighted by Gasteiger charge is 2.21. The molecule has 1 aliphatic carbocycles. The van der Waals surface area contributed by atoms with E-state index in [1.165, 1.54) is 23.9 Å². The molecule has 2 aromatic rings. The van der Waals surface area contributed by atoms with Crippen molar-refractivity contribution in [2.24, 2.45) is 5.92 Å². The number of hydrogen-bond donors (Lipinski definition) is 1. The number of imidazole rings is 1. The topological polar surface area (TPSA) is 46.9 Å². The van der Waals surface area contributed by atoms with Crippen LogP contribution in [-0.2, 0) is 11.2 Å². The van der Waals surface area contributed by atoms with Crippen molar-refractivity contribution in [2.75, 3.05) is 6.54 Å². The van der Waals surface area contributed by atoms with Crippen LogP contribution < -0.4 is 5.32 Å². The van der Waals surface area contributed by atoms with E-state index in [1.807, 2.05) is 0 Å².